The third-order valence-electron chi connectivity index (χ3n) is 3.33. The fourth-order valence-electron chi connectivity index (χ4n) is 2.13. The molecule has 0 aliphatic carbocycles. The first kappa shape index (κ1) is 17.5. The number of aryl methyl sites for hydroxylation is 2. The van der Waals surface area contributed by atoms with Gasteiger partial charge in [0.1, 0.15) is 18.4 Å². The zero-order valence-corrected chi connectivity index (χ0v) is 13.8. The lowest BCUT2D eigenvalue weighted by atomic mass is 10.2. The van der Waals surface area contributed by atoms with Crippen LogP contribution < -0.4 is 15.4 Å². The molecule has 0 saturated carbocycles. The Morgan fingerprint density at radius 3 is 2.83 bits per heavy atom. The summed E-state index contributed by atoms with van der Waals surface area (Å²) in [6, 6.07) is 5.50. The molecule has 0 radical (unpaired) electrons. The van der Waals surface area contributed by atoms with E-state index < -0.39 is 0 Å². The molecule has 2 amide bonds. The van der Waals surface area contributed by atoms with Crippen LogP contribution >= 0.6 is 0 Å². The minimum Gasteiger partial charge on any atom is -0.495 e. The van der Waals surface area contributed by atoms with Crippen molar-refractivity contribution in [2.75, 3.05) is 19.0 Å². The number of amides is 2. The molecule has 0 aliphatic rings. The molecule has 0 bridgehead atoms. The largest absolute Gasteiger partial charge is 0.495 e. The number of carbonyl (C=O) groups excluding carboxylic acids is 2. The van der Waals surface area contributed by atoms with E-state index in [4.69, 9.17) is 4.74 Å². The molecule has 0 saturated heterocycles. The van der Waals surface area contributed by atoms with E-state index in [1.54, 1.807) is 17.1 Å². The Bertz CT molecular complexity index is 685. The highest BCUT2D eigenvalue weighted by atomic mass is 16.5. The van der Waals surface area contributed by atoms with Crippen molar-refractivity contribution in [2.24, 2.45) is 0 Å². The topological polar surface area (TPSA) is 98.1 Å². The van der Waals surface area contributed by atoms with E-state index >= 15 is 0 Å². The van der Waals surface area contributed by atoms with Gasteiger partial charge >= 0.3 is 0 Å². The molecule has 128 valence electrons. The number of hydrogen-bond donors (Lipinski definition) is 2. The maximum Gasteiger partial charge on any atom is 0.243 e. The maximum absolute atomic E-state index is 12.0. The van der Waals surface area contributed by atoms with Crippen LogP contribution in [0.2, 0.25) is 0 Å². The summed E-state index contributed by atoms with van der Waals surface area (Å²) < 4.78 is 6.86. The van der Waals surface area contributed by atoms with Crippen LogP contribution in [0, 0.1) is 6.92 Å². The lowest BCUT2D eigenvalue weighted by molar-refractivity contribution is -0.124. The Morgan fingerprint density at radius 1 is 1.29 bits per heavy atom. The Morgan fingerprint density at radius 2 is 2.12 bits per heavy atom. The third-order valence-corrected chi connectivity index (χ3v) is 3.33. The lowest BCUT2D eigenvalue weighted by Gasteiger charge is -2.11. The van der Waals surface area contributed by atoms with Gasteiger partial charge in [-0.25, -0.2) is 4.98 Å². The third kappa shape index (κ3) is 5.38. The monoisotopic (exact) mass is 331 g/mol. The van der Waals surface area contributed by atoms with Crippen molar-refractivity contribution in [1.82, 2.24) is 20.1 Å². The fourth-order valence-corrected chi connectivity index (χ4v) is 2.13. The fraction of sp³-hybridized carbons (Fsp3) is 0.375. The van der Waals surface area contributed by atoms with Gasteiger partial charge in [0.05, 0.1) is 19.3 Å². The van der Waals surface area contributed by atoms with Gasteiger partial charge < -0.3 is 15.4 Å². The second-order valence-corrected chi connectivity index (χ2v) is 5.29. The molecule has 1 heterocycles. The van der Waals surface area contributed by atoms with Crippen LogP contribution in [-0.4, -0.2) is 40.2 Å². The SMILES string of the molecule is COc1ccc(C)cc1NC(=O)CNC(=O)CCCn1cncn1. The number of nitrogens with zero attached hydrogens (tertiary/aromatic N) is 3. The summed E-state index contributed by atoms with van der Waals surface area (Å²) in [4.78, 5) is 27.5. The smallest absolute Gasteiger partial charge is 0.243 e. The first-order valence-electron chi connectivity index (χ1n) is 7.62. The summed E-state index contributed by atoms with van der Waals surface area (Å²) in [7, 11) is 1.54. The molecule has 0 spiro atoms. The van der Waals surface area contributed by atoms with E-state index in [9.17, 15) is 9.59 Å². The first-order chi connectivity index (χ1) is 11.6. The van der Waals surface area contributed by atoms with Gasteiger partial charge in [-0.3, -0.25) is 14.3 Å². The molecule has 8 nitrogen and oxygen atoms in total. The highest BCUT2D eigenvalue weighted by Crippen LogP contribution is 2.24. The number of rotatable bonds is 8. The van der Waals surface area contributed by atoms with Crippen LogP contribution in [0.3, 0.4) is 0 Å². The second kappa shape index (κ2) is 8.66. The lowest BCUT2D eigenvalue weighted by Crippen LogP contribution is -2.32. The standard InChI is InChI=1S/C16H21N5O3/c1-12-5-6-14(24-2)13(8-12)20-16(23)9-18-15(22)4-3-7-21-11-17-10-19-21/h5-6,8,10-11H,3-4,7,9H2,1-2H3,(H,18,22)(H,20,23). The van der Waals surface area contributed by atoms with Crippen molar-refractivity contribution in [3.05, 3.63) is 36.4 Å². The molecular formula is C16H21N5O3. The van der Waals surface area contributed by atoms with Crippen LogP contribution in [0.1, 0.15) is 18.4 Å². The molecule has 0 aliphatic heterocycles. The second-order valence-electron chi connectivity index (χ2n) is 5.29. The summed E-state index contributed by atoms with van der Waals surface area (Å²) in [5.74, 6) is 0.0955. The van der Waals surface area contributed by atoms with Crippen LogP contribution in [0.25, 0.3) is 0 Å². The van der Waals surface area contributed by atoms with E-state index in [0.29, 0.717) is 30.8 Å². The highest BCUT2D eigenvalue weighted by molar-refractivity contribution is 5.95. The number of aromatic nitrogens is 3. The van der Waals surface area contributed by atoms with Gasteiger partial charge in [-0.1, -0.05) is 6.07 Å². The van der Waals surface area contributed by atoms with Crippen molar-refractivity contribution in [3.8, 4) is 5.75 Å². The summed E-state index contributed by atoms with van der Waals surface area (Å²) in [5, 5.41) is 9.29. The highest BCUT2D eigenvalue weighted by Gasteiger charge is 2.09. The molecule has 0 fully saturated rings. The Balaban J connectivity index is 1.72. The van der Waals surface area contributed by atoms with Gasteiger partial charge in [0.2, 0.25) is 11.8 Å². The average molecular weight is 331 g/mol. The van der Waals surface area contributed by atoms with Crippen molar-refractivity contribution in [2.45, 2.75) is 26.3 Å². The number of carbonyl (C=O) groups is 2. The first-order valence-corrected chi connectivity index (χ1v) is 7.62. The van der Waals surface area contributed by atoms with Gasteiger partial charge in [0, 0.05) is 13.0 Å². The molecule has 8 heteroatoms. The summed E-state index contributed by atoms with van der Waals surface area (Å²) in [6.45, 7) is 2.45. The zero-order valence-electron chi connectivity index (χ0n) is 13.8. The maximum atomic E-state index is 12.0. The molecule has 0 unspecified atom stereocenters. The van der Waals surface area contributed by atoms with Gasteiger partial charge in [0.25, 0.3) is 0 Å². The summed E-state index contributed by atoms with van der Waals surface area (Å²) in [6.07, 6.45) is 3.99. The van der Waals surface area contributed by atoms with Crippen LogP contribution in [-0.2, 0) is 16.1 Å². The van der Waals surface area contributed by atoms with Crippen molar-refractivity contribution in [3.63, 3.8) is 0 Å². The quantitative estimate of drug-likeness (QED) is 0.755. The van der Waals surface area contributed by atoms with E-state index in [-0.39, 0.29) is 18.4 Å². The molecule has 2 aromatic rings. The predicted octanol–water partition coefficient (Wildman–Crippen LogP) is 1.13. The van der Waals surface area contributed by atoms with Crippen molar-refractivity contribution < 1.29 is 14.3 Å². The minimum absolute atomic E-state index is 0.0841. The van der Waals surface area contributed by atoms with E-state index in [2.05, 4.69) is 20.7 Å². The molecule has 24 heavy (non-hydrogen) atoms. The molecule has 1 aromatic heterocycles. The molecular weight excluding hydrogens is 310 g/mol. The number of methoxy groups -OCH3 is 1. The number of nitrogens with one attached hydrogen (secondary N) is 2. The number of benzene rings is 1. The van der Waals surface area contributed by atoms with Gasteiger partial charge in [-0.2, -0.15) is 5.10 Å². The van der Waals surface area contributed by atoms with E-state index in [1.807, 2.05) is 19.1 Å². The summed E-state index contributed by atoms with van der Waals surface area (Å²) in [5.41, 5.74) is 1.59. The number of anilines is 1. The van der Waals surface area contributed by atoms with E-state index in [0.717, 1.165) is 5.56 Å². The molecule has 2 N–H and O–H groups in total. The van der Waals surface area contributed by atoms with E-state index in [1.165, 1.54) is 13.4 Å². The zero-order chi connectivity index (χ0) is 17.4. The van der Waals surface area contributed by atoms with Crippen LogP contribution in [0.5, 0.6) is 5.75 Å². The van der Waals surface area contributed by atoms with Crippen molar-refractivity contribution in [1.29, 1.82) is 0 Å². The molecule has 2 rings (SSSR count). The normalized spacial score (nSPS) is 10.2. The van der Waals surface area contributed by atoms with Crippen LogP contribution in [0.15, 0.2) is 30.9 Å². The Hall–Kier alpha value is -2.90. The van der Waals surface area contributed by atoms with Crippen LogP contribution in [0.4, 0.5) is 5.69 Å². The number of hydrogen-bond acceptors (Lipinski definition) is 5. The molecule has 1 aromatic carbocycles. The predicted molar refractivity (Wildman–Crippen MR) is 88.6 cm³/mol. The number of ether oxygens (including phenoxy) is 1. The molecule has 0 atom stereocenters. The van der Waals surface area contributed by atoms with Gasteiger partial charge in [-0.05, 0) is 31.0 Å². The average Bonchev–Trinajstić information content (AvgIpc) is 3.06. The minimum atomic E-state index is -0.302. The Kier molecular flexibility index (Phi) is 6.30. The van der Waals surface area contributed by atoms with Gasteiger partial charge in [-0.15, -0.1) is 0 Å². The van der Waals surface area contributed by atoms with Crippen molar-refractivity contribution >= 4 is 17.5 Å². The van der Waals surface area contributed by atoms with Gasteiger partial charge in [0.15, 0.2) is 0 Å². The Labute approximate surface area is 140 Å². The summed E-state index contributed by atoms with van der Waals surface area (Å²) >= 11 is 0.